The number of nitro groups is 1. The van der Waals surface area contributed by atoms with Gasteiger partial charge in [-0.05, 0) is 25.0 Å². The average Bonchev–Trinajstić information content (AvgIpc) is 2.81. The number of hydrogen-bond donors (Lipinski definition) is 0. The smallest absolute Gasteiger partial charge is 0.258 e. The Morgan fingerprint density at radius 3 is 2.78 bits per heavy atom. The van der Waals surface area contributed by atoms with Crippen molar-refractivity contribution in [3.63, 3.8) is 0 Å². The molecule has 0 aromatic carbocycles. The molecular weight excluding hydrogens is 232 g/mol. The zero-order chi connectivity index (χ0) is 13.1. The zero-order valence-corrected chi connectivity index (χ0v) is 10.3. The number of aromatic nitrogens is 3. The molecule has 0 amide bonds. The van der Waals surface area contributed by atoms with Crippen LogP contribution in [0, 0.1) is 10.1 Å². The van der Waals surface area contributed by atoms with Gasteiger partial charge in [0.1, 0.15) is 0 Å². The lowest BCUT2D eigenvalue weighted by Crippen LogP contribution is -2.07. The minimum Gasteiger partial charge on any atom is -0.258 e. The first kappa shape index (κ1) is 12.2. The minimum absolute atomic E-state index is 0.0297. The van der Waals surface area contributed by atoms with Crippen LogP contribution in [-0.2, 0) is 12.8 Å². The van der Waals surface area contributed by atoms with E-state index in [1.807, 2.05) is 19.9 Å². The monoisotopic (exact) mass is 246 g/mol. The summed E-state index contributed by atoms with van der Waals surface area (Å²) in [6.07, 6.45) is 3.08. The maximum atomic E-state index is 11.0. The molecule has 0 N–H and O–H groups in total. The highest BCUT2D eigenvalue weighted by atomic mass is 16.6. The lowest BCUT2D eigenvalue weighted by molar-refractivity contribution is -0.384. The predicted octanol–water partition coefficient (Wildman–Crippen LogP) is 2.30. The Hall–Kier alpha value is -2.24. The molecule has 2 rings (SSSR count). The molecule has 0 saturated heterocycles. The van der Waals surface area contributed by atoms with Gasteiger partial charge in [-0.3, -0.25) is 10.1 Å². The van der Waals surface area contributed by atoms with Crippen molar-refractivity contribution in [2.75, 3.05) is 0 Å². The first-order valence-electron chi connectivity index (χ1n) is 5.85. The van der Waals surface area contributed by atoms with Gasteiger partial charge in [0.25, 0.3) is 0 Å². The second kappa shape index (κ2) is 4.95. The van der Waals surface area contributed by atoms with Crippen molar-refractivity contribution in [2.45, 2.75) is 26.7 Å². The molecule has 0 unspecified atom stereocenters. The van der Waals surface area contributed by atoms with Crippen molar-refractivity contribution in [1.82, 2.24) is 14.8 Å². The second-order valence-electron chi connectivity index (χ2n) is 3.85. The van der Waals surface area contributed by atoms with E-state index in [0.717, 1.165) is 24.2 Å². The molecule has 6 heteroatoms. The number of hydrogen-bond acceptors (Lipinski definition) is 4. The third kappa shape index (κ3) is 2.09. The number of rotatable bonds is 4. The van der Waals surface area contributed by atoms with E-state index in [9.17, 15) is 10.1 Å². The molecule has 2 heterocycles. The van der Waals surface area contributed by atoms with E-state index < -0.39 is 4.92 Å². The summed E-state index contributed by atoms with van der Waals surface area (Å²) in [4.78, 5) is 14.6. The highest BCUT2D eigenvalue weighted by Gasteiger charge is 2.19. The van der Waals surface area contributed by atoms with Crippen LogP contribution in [0.3, 0.4) is 0 Å². The van der Waals surface area contributed by atoms with Crippen LogP contribution in [0.15, 0.2) is 24.4 Å². The van der Waals surface area contributed by atoms with E-state index in [2.05, 4.69) is 10.1 Å². The Morgan fingerprint density at radius 1 is 1.39 bits per heavy atom. The highest BCUT2D eigenvalue weighted by Crippen LogP contribution is 2.21. The summed E-state index contributed by atoms with van der Waals surface area (Å²) in [5, 5.41) is 15.4. The quantitative estimate of drug-likeness (QED) is 0.612. The van der Waals surface area contributed by atoms with Crippen molar-refractivity contribution in [3.8, 4) is 5.82 Å². The van der Waals surface area contributed by atoms with Gasteiger partial charge in [-0.15, -0.1) is 0 Å². The fraction of sp³-hybridized carbons (Fsp3) is 0.333. The molecule has 2 aromatic heterocycles. The molecular formula is C12H14N4O2. The van der Waals surface area contributed by atoms with Crippen LogP contribution in [-0.4, -0.2) is 19.7 Å². The van der Waals surface area contributed by atoms with Gasteiger partial charge in [-0.2, -0.15) is 5.10 Å². The number of pyridine rings is 1. The van der Waals surface area contributed by atoms with Gasteiger partial charge in [0.05, 0.1) is 10.6 Å². The number of aryl methyl sites for hydroxylation is 2. The maximum Gasteiger partial charge on any atom is 0.313 e. The average molecular weight is 246 g/mol. The Kier molecular flexibility index (Phi) is 3.36. The Morgan fingerprint density at radius 2 is 2.17 bits per heavy atom. The summed E-state index contributed by atoms with van der Waals surface area (Å²) in [5.41, 5.74) is 1.80. The lowest BCUT2D eigenvalue weighted by atomic mass is 10.2. The Bertz CT molecular complexity index is 577. The summed E-state index contributed by atoms with van der Waals surface area (Å²) in [7, 11) is 0. The Balaban J connectivity index is 2.61. The molecule has 0 aliphatic carbocycles. The van der Waals surface area contributed by atoms with Gasteiger partial charge < -0.3 is 0 Å². The van der Waals surface area contributed by atoms with Crippen LogP contribution in [0.2, 0.25) is 0 Å². The van der Waals surface area contributed by atoms with E-state index >= 15 is 0 Å². The van der Waals surface area contributed by atoms with Gasteiger partial charge in [0, 0.05) is 18.0 Å². The first-order valence-corrected chi connectivity index (χ1v) is 5.85. The van der Waals surface area contributed by atoms with Crippen molar-refractivity contribution in [2.24, 2.45) is 0 Å². The third-order valence-corrected chi connectivity index (χ3v) is 2.72. The molecule has 0 atom stereocenters. The van der Waals surface area contributed by atoms with E-state index in [1.54, 1.807) is 10.7 Å². The molecule has 0 saturated carbocycles. The van der Waals surface area contributed by atoms with Crippen LogP contribution < -0.4 is 0 Å². The fourth-order valence-electron chi connectivity index (χ4n) is 1.78. The van der Waals surface area contributed by atoms with Gasteiger partial charge in [0.2, 0.25) is 5.82 Å². The van der Waals surface area contributed by atoms with Crippen LogP contribution in [0.25, 0.3) is 5.82 Å². The maximum absolute atomic E-state index is 11.0. The zero-order valence-electron chi connectivity index (χ0n) is 10.3. The summed E-state index contributed by atoms with van der Waals surface area (Å²) < 4.78 is 1.57. The molecule has 94 valence electrons. The lowest BCUT2D eigenvalue weighted by Gasteiger charge is -2.04. The predicted molar refractivity (Wildman–Crippen MR) is 66.8 cm³/mol. The van der Waals surface area contributed by atoms with Gasteiger partial charge in [0.15, 0.2) is 0 Å². The topological polar surface area (TPSA) is 73.8 Å². The molecule has 0 aliphatic heterocycles. The number of nitrogens with zero attached hydrogens (tertiary/aromatic N) is 4. The van der Waals surface area contributed by atoms with Crippen LogP contribution >= 0.6 is 0 Å². The van der Waals surface area contributed by atoms with Crippen LogP contribution in [0.5, 0.6) is 0 Å². The van der Waals surface area contributed by atoms with Gasteiger partial charge in [-0.1, -0.05) is 13.8 Å². The largest absolute Gasteiger partial charge is 0.313 e. The van der Waals surface area contributed by atoms with Crippen molar-refractivity contribution < 1.29 is 4.92 Å². The summed E-state index contributed by atoms with van der Waals surface area (Å²) in [6.45, 7) is 3.99. The van der Waals surface area contributed by atoms with E-state index in [-0.39, 0.29) is 11.5 Å². The molecule has 0 spiro atoms. The van der Waals surface area contributed by atoms with E-state index in [4.69, 9.17) is 0 Å². The summed E-state index contributed by atoms with van der Waals surface area (Å²) in [6, 6.07) is 4.95. The molecule has 0 radical (unpaired) electrons. The van der Waals surface area contributed by atoms with Gasteiger partial charge >= 0.3 is 5.69 Å². The van der Waals surface area contributed by atoms with Crippen molar-refractivity contribution in [3.05, 3.63) is 45.9 Å². The molecule has 0 bridgehead atoms. The minimum atomic E-state index is -0.435. The summed E-state index contributed by atoms with van der Waals surface area (Å²) >= 11 is 0. The molecule has 6 nitrogen and oxygen atoms in total. The third-order valence-electron chi connectivity index (χ3n) is 2.72. The Labute approximate surface area is 104 Å². The van der Waals surface area contributed by atoms with Crippen molar-refractivity contribution in [1.29, 1.82) is 0 Å². The van der Waals surface area contributed by atoms with Gasteiger partial charge in [-0.25, -0.2) is 9.67 Å². The fourth-order valence-corrected chi connectivity index (χ4v) is 1.78. The van der Waals surface area contributed by atoms with Crippen molar-refractivity contribution >= 4 is 5.69 Å². The molecule has 18 heavy (non-hydrogen) atoms. The molecule has 0 aliphatic rings. The summed E-state index contributed by atoms with van der Waals surface area (Å²) in [5.74, 6) is 0.277. The van der Waals surface area contributed by atoms with E-state index in [1.165, 1.54) is 12.3 Å². The molecule has 2 aromatic rings. The SMILES string of the molecule is CCc1cc(CC)n(-c2ncccc2[N+](=O)[O-])n1. The first-order chi connectivity index (χ1) is 8.67. The van der Waals surface area contributed by atoms with Crippen LogP contribution in [0.1, 0.15) is 25.2 Å². The van der Waals surface area contributed by atoms with Crippen LogP contribution in [0.4, 0.5) is 5.69 Å². The van der Waals surface area contributed by atoms with E-state index in [0.29, 0.717) is 0 Å². The normalized spacial score (nSPS) is 10.6. The second-order valence-corrected chi connectivity index (χ2v) is 3.85. The molecule has 0 fully saturated rings. The standard InChI is InChI=1S/C12H14N4O2/c1-3-9-8-10(4-2)15(14-9)12-11(16(17)18)6-5-7-13-12/h5-8H,3-4H2,1-2H3. The highest BCUT2D eigenvalue weighted by molar-refractivity contribution is 5.46.